The van der Waals surface area contributed by atoms with Gasteiger partial charge in [0.25, 0.3) is 17.5 Å². The zero-order valence-corrected chi connectivity index (χ0v) is 32.0. The fraction of sp³-hybridized carbons (Fsp3) is 0.273. The van der Waals surface area contributed by atoms with Crippen molar-refractivity contribution in [3.05, 3.63) is 63.6 Å². The molecule has 0 radical (unpaired) electrons. The molecule has 1 amide bonds. The van der Waals surface area contributed by atoms with Crippen LogP contribution in [0.3, 0.4) is 0 Å². The van der Waals surface area contributed by atoms with Gasteiger partial charge in [-0.25, -0.2) is 24.4 Å². The zero-order valence-electron chi connectivity index (χ0n) is 29.5. The normalized spacial score (nSPS) is 18.3. The van der Waals surface area contributed by atoms with Crippen LogP contribution in [-0.2, 0) is 33.6 Å². The minimum atomic E-state index is -1.91. The SMILES string of the molecule is CC(=O)Oc1ccc([C@@H](ON=C(C(=O)N[C@@H]2C(=O)C3C(C(=O)O)=C(CSc4cc(C)nc5nc(C(=O)O)nn45)CS[C@H]32)c2csc(N)n2)C(=O)O)cc1OC(C)=O. The highest BCUT2D eigenvalue weighted by atomic mass is 32.2. The number of thiazole rings is 1. The maximum atomic E-state index is 13.7. The van der Waals surface area contributed by atoms with Gasteiger partial charge in [-0.3, -0.25) is 19.2 Å². The summed E-state index contributed by atoms with van der Waals surface area (Å²) >= 11 is 3.33. The summed E-state index contributed by atoms with van der Waals surface area (Å²) in [6, 6.07) is 3.90. The Bertz CT molecular complexity index is 2450. The van der Waals surface area contributed by atoms with Gasteiger partial charge in [-0.15, -0.1) is 28.2 Å². The number of aromatic carboxylic acids is 1. The molecule has 0 saturated heterocycles. The Labute approximate surface area is 331 Å². The Hall–Kier alpha value is -6.40. The van der Waals surface area contributed by atoms with E-state index in [1.54, 1.807) is 13.0 Å². The van der Waals surface area contributed by atoms with Crippen LogP contribution in [0.4, 0.5) is 5.13 Å². The van der Waals surface area contributed by atoms with Crippen LogP contribution in [0, 0.1) is 12.8 Å². The molecule has 1 aliphatic heterocycles. The molecule has 2 aliphatic rings. The van der Waals surface area contributed by atoms with E-state index in [1.165, 1.54) is 33.8 Å². The van der Waals surface area contributed by atoms with E-state index in [-0.39, 0.29) is 50.7 Å². The second-order valence-electron chi connectivity index (χ2n) is 12.1. The molecule has 21 nitrogen and oxygen atoms in total. The van der Waals surface area contributed by atoms with E-state index >= 15 is 0 Å². The first kappa shape index (κ1) is 40.3. The van der Waals surface area contributed by atoms with E-state index in [2.05, 4.69) is 30.5 Å². The molecule has 1 aliphatic carbocycles. The molecule has 3 aromatic heterocycles. The molecule has 1 fully saturated rings. The minimum absolute atomic E-state index is 0.0189. The maximum absolute atomic E-state index is 13.7. The van der Waals surface area contributed by atoms with E-state index in [4.69, 9.17) is 20.0 Å². The largest absolute Gasteiger partial charge is 0.478 e. The quantitative estimate of drug-likeness (QED) is 0.0300. The van der Waals surface area contributed by atoms with Crippen molar-refractivity contribution in [3.8, 4) is 11.5 Å². The standard InChI is InChI=1S/C33H28N8O13S3/c1-11-6-19(41-33(35-11)38-27(39-41)31(50)51)55-8-15-9-56-26-21(20(15)29(46)47)24(44)23(26)37-28(45)22(16-10-57-32(34)36-16)40-54-25(30(48)49)14-4-5-17(52-12(2)42)18(7-14)53-13(3)43/h4-7,10,21,23,25-26H,8-9H2,1-3H3,(H2,34,36)(H,37,45)(H,46,47)(H,48,49)(H,50,51)/t21?,23-,25-,26-/m1/s1. The fourth-order valence-electron chi connectivity index (χ4n) is 5.78. The summed E-state index contributed by atoms with van der Waals surface area (Å²) in [5.41, 5.74) is 5.78. The number of aryl methyl sites for hydroxylation is 1. The summed E-state index contributed by atoms with van der Waals surface area (Å²) in [6.45, 7) is 3.85. The average Bonchev–Trinajstić information content (AvgIpc) is 3.77. The van der Waals surface area contributed by atoms with Crippen molar-refractivity contribution >= 4 is 93.0 Å². The first-order chi connectivity index (χ1) is 27.0. The van der Waals surface area contributed by atoms with Gasteiger partial charge in [0.1, 0.15) is 16.8 Å². The summed E-state index contributed by atoms with van der Waals surface area (Å²) in [5, 5.41) is 41.0. The molecule has 57 heavy (non-hydrogen) atoms. The van der Waals surface area contributed by atoms with Crippen LogP contribution in [0.2, 0.25) is 0 Å². The third-order valence-electron chi connectivity index (χ3n) is 8.15. The van der Waals surface area contributed by atoms with Crippen LogP contribution in [0.1, 0.15) is 47.5 Å². The van der Waals surface area contributed by atoms with E-state index in [1.807, 2.05) is 0 Å². The van der Waals surface area contributed by atoms with Gasteiger partial charge in [0.2, 0.25) is 6.10 Å². The molecule has 1 aromatic carbocycles. The third-order valence-corrected chi connectivity index (χ3v) is 11.4. The second kappa shape index (κ2) is 16.4. The van der Waals surface area contributed by atoms with Gasteiger partial charge in [-0.05, 0) is 30.7 Å². The maximum Gasteiger partial charge on any atom is 0.375 e. The van der Waals surface area contributed by atoms with Gasteiger partial charge in [-0.2, -0.15) is 21.3 Å². The van der Waals surface area contributed by atoms with Crippen molar-refractivity contribution in [1.82, 2.24) is 29.9 Å². The van der Waals surface area contributed by atoms with E-state index < -0.39 is 76.4 Å². The fourth-order valence-corrected chi connectivity index (χ4v) is 9.04. The number of carboxylic acids is 3. The molecule has 24 heteroatoms. The molecule has 1 unspecified atom stereocenters. The molecule has 4 heterocycles. The number of carbonyl (C=O) groups is 7. The lowest BCUT2D eigenvalue weighted by Gasteiger charge is -2.46. The number of amides is 1. The van der Waals surface area contributed by atoms with Crippen molar-refractivity contribution in [2.75, 3.05) is 17.2 Å². The average molecular weight is 841 g/mol. The number of ketones is 1. The molecule has 0 spiro atoms. The van der Waals surface area contributed by atoms with Crippen molar-refractivity contribution in [1.29, 1.82) is 0 Å². The number of Topliss-reactive ketones (excluding diaryl/α,β-unsaturated/α-hetero) is 1. The summed E-state index contributed by atoms with van der Waals surface area (Å²) in [7, 11) is 0. The Balaban J connectivity index is 1.22. The number of benzene rings is 1. The number of thioether (sulfide) groups is 2. The lowest BCUT2D eigenvalue weighted by atomic mass is 9.71. The predicted molar refractivity (Wildman–Crippen MR) is 198 cm³/mol. The lowest BCUT2D eigenvalue weighted by Crippen LogP contribution is -2.66. The topological polar surface area (TPSA) is 314 Å². The van der Waals surface area contributed by atoms with Gasteiger partial charge in [-0.1, -0.05) is 11.2 Å². The number of fused-ring (bicyclic) bond motifs is 2. The predicted octanol–water partition coefficient (Wildman–Crippen LogP) is 1.54. The Morgan fingerprint density at radius 3 is 2.39 bits per heavy atom. The summed E-state index contributed by atoms with van der Waals surface area (Å²) < 4.78 is 11.3. The number of esters is 2. The number of nitrogens with one attached hydrogen (secondary N) is 1. The minimum Gasteiger partial charge on any atom is -0.478 e. The number of nitrogen functional groups attached to an aromatic ring is 1. The van der Waals surface area contributed by atoms with Gasteiger partial charge in [0.05, 0.1) is 5.92 Å². The molecule has 4 atom stereocenters. The number of carbonyl (C=O) groups excluding carboxylic acids is 4. The molecule has 6 N–H and O–H groups in total. The number of aromatic nitrogens is 5. The lowest BCUT2D eigenvalue weighted by molar-refractivity contribution is -0.151. The number of oxime groups is 1. The van der Waals surface area contributed by atoms with E-state index in [0.29, 0.717) is 16.3 Å². The van der Waals surface area contributed by atoms with Gasteiger partial charge >= 0.3 is 29.8 Å². The van der Waals surface area contributed by atoms with Crippen LogP contribution in [0.15, 0.2) is 51.0 Å². The highest BCUT2D eigenvalue weighted by Crippen LogP contribution is 2.46. The van der Waals surface area contributed by atoms with Crippen LogP contribution in [-0.4, -0.2) is 110 Å². The number of anilines is 1. The van der Waals surface area contributed by atoms with Gasteiger partial charge in [0.15, 0.2) is 28.1 Å². The third kappa shape index (κ3) is 8.56. The molecule has 0 bridgehead atoms. The van der Waals surface area contributed by atoms with Crippen molar-refractivity contribution < 1.29 is 63.2 Å². The first-order valence-corrected chi connectivity index (χ1v) is 19.1. The number of hydrogen-bond acceptors (Lipinski definition) is 19. The van der Waals surface area contributed by atoms with Crippen molar-refractivity contribution in [2.45, 2.75) is 43.2 Å². The van der Waals surface area contributed by atoms with Gasteiger partial charge in [0, 0.05) is 52.8 Å². The Morgan fingerprint density at radius 2 is 1.75 bits per heavy atom. The highest BCUT2D eigenvalue weighted by Gasteiger charge is 2.56. The summed E-state index contributed by atoms with van der Waals surface area (Å²) in [5.74, 6) is -9.15. The van der Waals surface area contributed by atoms with Crippen LogP contribution in [0.25, 0.3) is 5.78 Å². The number of aliphatic carboxylic acids is 2. The number of nitrogens with two attached hydrogens (primary N) is 1. The van der Waals surface area contributed by atoms with Crippen molar-refractivity contribution in [3.63, 3.8) is 0 Å². The number of ether oxygens (including phenoxy) is 2. The zero-order chi connectivity index (χ0) is 41.3. The molecule has 1 saturated carbocycles. The van der Waals surface area contributed by atoms with Crippen LogP contribution >= 0.6 is 34.9 Å². The summed E-state index contributed by atoms with van der Waals surface area (Å²) in [4.78, 5) is 104. The van der Waals surface area contributed by atoms with E-state index in [9.17, 15) is 48.9 Å². The molecule has 4 aromatic rings. The summed E-state index contributed by atoms with van der Waals surface area (Å²) in [6.07, 6.45) is -1.91. The van der Waals surface area contributed by atoms with Gasteiger partial charge < -0.3 is 40.7 Å². The first-order valence-electron chi connectivity index (χ1n) is 16.2. The number of hydrogen-bond donors (Lipinski definition) is 5. The smallest absolute Gasteiger partial charge is 0.375 e. The van der Waals surface area contributed by atoms with Crippen LogP contribution < -0.4 is 20.5 Å². The second-order valence-corrected chi connectivity index (χ2v) is 15.2. The van der Waals surface area contributed by atoms with Crippen molar-refractivity contribution in [2.24, 2.45) is 11.1 Å². The van der Waals surface area contributed by atoms with Crippen LogP contribution in [0.5, 0.6) is 11.5 Å². The highest BCUT2D eigenvalue weighted by molar-refractivity contribution is 8.01. The molecular formula is C33H28N8O13S3. The Kier molecular flexibility index (Phi) is 11.6. The Morgan fingerprint density at radius 1 is 1.04 bits per heavy atom. The number of nitrogens with zero attached hydrogens (tertiary/aromatic N) is 6. The monoisotopic (exact) mass is 840 g/mol. The number of rotatable bonds is 14. The molecule has 296 valence electrons. The van der Waals surface area contributed by atoms with E-state index in [0.717, 1.165) is 43.0 Å². The molecule has 6 rings (SSSR count). The number of carboxylic acid groups (broad SMARTS) is 3. The molecular weight excluding hydrogens is 813 g/mol.